The number of carbonyl (C=O) groups is 1. The molecule has 2 aromatic heterocycles. The van der Waals surface area contributed by atoms with Crippen LogP contribution in [-0.4, -0.2) is 27.7 Å². The third-order valence-electron chi connectivity index (χ3n) is 5.07. The molecule has 31 heavy (non-hydrogen) atoms. The minimum absolute atomic E-state index is 0.119. The van der Waals surface area contributed by atoms with Crippen LogP contribution in [0.5, 0.6) is 5.75 Å². The highest BCUT2D eigenvalue weighted by Crippen LogP contribution is 2.23. The largest absolute Gasteiger partial charge is 0.497 e. The summed E-state index contributed by atoms with van der Waals surface area (Å²) in [6.07, 6.45) is 1.82. The van der Waals surface area contributed by atoms with Crippen LogP contribution in [0.4, 0.5) is 0 Å². The number of nitrogens with one attached hydrogen (secondary N) is 1. The zero-order valence-electron chi connectivity index (χ0n) is 17.7. The highest BCUT2D eigenvalue weighted by molar-refractivity contribution is 5.77. The molecule has 4 rings (SSSR count). The summed E-state index contributed by atoms with van der Waals surface area (Å²) in [6, 6.07) is 19.1. The van der Waals surface area contributed by atoms with Gasteiger partial charge in [-0.05, 0) is 43.7 Å². The minimum Gasteiger partial charge on any atom is -0.497 e. The monoisotopic (exact) mass is 416 g/mol. The Labute approximate surface area is 180 Å². The van der Waals surface area contributed by atoms with Gasteiger partial charge in [0.05, 0.1) is 13.2 Å². The normalized spacial score (nSPS) is 11.8. The Morgan fingerprint density at radius 1 is 1.16 bits per heavy atom. The summed E-state index contributed by atoms with van der Waals surface area (Å²) in [4.78, 5) is 17.2. The van der Waals surface area contributed by atoms with E-state index in [1.807, 2.05) is 80.7 Å². The lowest BCUT2D eigenvalue weighted by Gasteiger charge is -2.16. The number of ether oxygens (including phenoxy) is 1. The summed E-state index contributed by atoms with van der Waals surface area (Å²) in [5, 5.41) is 7.10. The van der Waals surface area contributed by atoms with Crippen LogP contribution in [-0.2, 0) is 11.3 Å². The highest BCUT2D eigenvalue weighted by Gasteiger charge is 2.17. The molecule has 0 aliphatic rings. The quantitative estimate of drug-likeness (QED) is 0.483. The number of carbonyl (C=O) groups excluding carboxylic acids is 1. The number of benzene rings is 2. The van der Waals surface area contributed by atoms with Gasteiger partial charge in [-0.25, -0.2) is 0 Å². The number of amides is 1. The first kappa shape index (κ1) is 20.4. The number of rotatable bonds is 7. The molecule has 1 atom stereocenters. The molecule has 0 saturated carbocycles. The average molecular weight is 416 g/mol. The Morgan fingerprint density at radius 3 is 2.74 bits per heavy atom. The molecule has 0 fully saturated rings. The fraction of sp³-hybridized carbons (Fsp3) is 0.208. The van der Waals surface area contributed by atoms with E-state index in [-0.39, 0.29) is 18.5 Å². The van der Waals surface area contributed by atoms with Gasteiger partial charge >= 0.3 is 0 Å². The Balaban J connectivity index is 1.46. The first-order valence-electron chi connectivity index (χ1n) is 10.0. The van der Waals surface area contributed by atoms with E-state index in [4.69, 9.17) is 9.26 Å². The van der Waals surface area contributed by atoms with Crippen molar-refractivity contribution >= 4 is 5.91 Å². The standard InChI is InChI=1S/C24H24N4O3/c1-16-9-11-18(12-10-16)23-26-24(31-27-23)21-8-5-13-28(21)15-22(29)25-17(2)19-6-4-7-20(14-19)30-3/h4-14,17H,15H2,1-3H3,(H,25,29)/t17-/m0/s1. The molecule has 1 N–H and O–H groups in total. The molecule has 1 amide bonds. The van der Waals surface area contributed by atoms with Crippen molar-refractivity contribution in [3.8, 4) is 28.7 Å². The van der Waals surface area contributed by atoms with Gasteiger partial charge < -0.3 is 19.1 Å². The number of aryl methyl sites for hydroxylation is 1. The Morgan fingerprint density at radius 2 is 1.97 bits per heavy atom. The Bertz CT molecular complexity index is 1180. The van der Waals surface area contributed by atoms with Crippen molar-refractivity contribution in [2.75, 3.05) is 7.11 Å². The van der Waals surface area contributed by atoms with Crippen LogP contribution >= 0.6 is 0 Å². The van der Waals surface area contributed by atoms with Crippen molar-refractivity contribution in [1.29, 1.82) is 0 Å². The summed E-state index contributed by atoms with van der Waals surface area (Å²) in [6.45, 7) is 4.10. The number of methoxy groups -OCH3 is 1. The summed E-state index contributed by atoms with van der Waals surface area (Å²) < 4.78 is 12.5. The van der Waals surface area contributed by atoms with E-state index in [0.717, 1.165) is 22.4 Å². The molecule has 7 nitrogen and oxygen atoms in total. The predicted molar refractivity (Wildman–Crippen MR) is 117 cm³/mol. The molecule has 0 aliphatic heterocycles. The van der Waals surface area contributed by atoms with Crippen LogP contribution in [0.15, 0.2) is 71.4 Å². The molecular weight excluding hydrogens is 392 g/mol. The van der Waals surface area contributed by atoms with Crippen molar-refractivity contribution in [2.45, 2.75) is 26.4 Å². The smallest absolute Gasteiger partial charge is 0.274 e. The maximum Gasteiger partial charge on any atom is 0.274 e. The molecule has 158 valence electrons. The maximum absolute atomic E-state index is 12.7. The van der Waals surface area contributed by atoms with Gasteiger partial charge in [0.25, 0.3) is 5.89 Å². The first-order valence-corrected chi connectivity index (χ1v) is 10.0. The highest BCUT2D eigenvalue weighted by atomic mass is 16.5. The summed E-state index contributed by atoms with van der Waals surface area (Å²) in [7, 11) is 1.62. The van der Waals surface area contributed by atoms with E-state index in [0.29, 0.717) is 17.4 Å². The third kappa shape index (κ3) is 4.66. The fourth-order valence-corrected chi connectivity index (χ4v) is 3.33. The first-order chi connectivity index (χ1) is 15.0. The zero-order chi connectivity index (χ0) is 21.8. The lowest BCUT2D eigenvalue weighted by Crippen LogP contribution is -2.30. The Hall–Kier alpha value is -3.87. The van der Waals surface area contributed by atoms with E-state index < -0.39 is 0 Å². The molecule has 2 heterocycles. The summed E-state index contributed by atoms with van der Waals surface area (Å²) in [5.74, 6) is 1.52. The molecule has 2 aromatic carbocycles. The minimum atomic E-state index is -0.154. The molecule has 0 aliphatic carbocycles. The van der Waals surface area contributed by atoms with Crippen LogP contribution in [0.3, 0.4) is 0 Å². The molecule has 0 bridgehead atoms. The number of nitrogens with zero attached hydrogens (tertiary/aromatic N) is 3. The van der Waals surface area contributed by atoms with Gasteiger partial charge in [0.2, 0.25) is 11.7 Å². The summed E-state index contributed by atoms with van der Waals surface area (Å²) in [5.41, 5.74) is 3.70. The number of aromatic nitrogens is 3. The fourth-order valence-electron chi connectivity index (χ4n) is 3.33. The average Bonchev–Trinajstić information content (AvgIpc) is 3.43. The van der Waals surface area contributed by atoms with Crippen molar-refractivity contribution in [3.05, 3.63) is 78.0 Å². The van der Waals surface area contributed by atoms with Crippen molar-refractivity contribution in [3.63, 3.8) is 0 Å². The van der Waals surface area contributed by atoms with Gasteiger partial charge in [-0.3, -0.25) is 4.79 Å². The van der Waals surface area contributed by atoms with Gasteiger partial charge in [-0.2, -0.15) is 4.98 Å². The van der Waals surface area contributed by atoms with Crippen molar-refractivity contribution in [2.24, 2.45) is 0 Å². The SMILES string of the molecule is COc1cccc([C@H](C)NC(=O)Cn2cccc2-c2nc(-c3ccc(C)cc3)no2)c1. The molecule has 0 saturated heterocycles. The van der Waals surface area contributed by atoms with Gasteiger partial charge in [-0.15, -0.1) is 0 Å². The molecule has 0 radical (unpaired) electrons. The lowest BCUT2D eigenvalue weighted by atomic mass is 10.1. The van der Waals surface area contributed by atoms with Crippen LogP contribution < -0.4 is 10.1 Å². The molecule has 4 aromatic rings. The molecular formula is C24H24N4O3. The van der Waals surface area contributed by atoms with Crippen LogP contribution in [0, 0.1) is 6.92 Å². The number of hydrogen-bond donors (Lipinski definition) is 1. The van der Waals surface area contributed by atoms with Crippen LogP contribution in [0.25, 0.3) is 23.0 Å². The van der Waals surface area contributed by atoms with Crippen molar-refractivity contribution < 1.29 is 14.1 Å². The second-order valence-corrected chi connectivity index (χ2v) is 7.38. The van der Waals surface area contributed by atoms with Gasteiger partial charge in [0.1, 0.15) is 18.0 Å². The maximum atomic E-state index is 12.7. The van der Waals surface area contributed by atoms with E-state index in [1.165, 1.54) is 0 Å². The van der Waals surface area contributed by atoms with Crippen LogP contribution in [0.2, 0.25) is 0 Å². The number of hydrogen-bond acceptors (Lipinski definition) is 5. The molecule has 7 heteroatoms. The van der Waals surface area contributed by atoms with E-state index in [9.17, 15) is 4.79 Å². The summed E-state index contributed by atoms with van der Waals surface area (Å²) >= 11 is 0. The second kappa shape index (κ2) is 8.87. The van der Waals surface area contributed by atoms with Crippen LogP contribution in [0.1, 0.15) is 24.1 Å². The van der Waals surface area contributed by atoms with E-state index >= 15 is 0 Å². The Kier molecular flexibility index (Phi) is 5.84. The van der Waals surface area contributed by atoms with Gasteiger partial charge in [0, 0.05) is 11.8 Å². The van der Waals surface area contributed by atoms with Gasteiger partial charge in [0.15, 0.2) is 0 Å². The molecule has 0 unspecified atom stereocenters. The molecule has 0 spiro atoms. The third-order valence-corrected chi connectivity index (χ3v) is 5.07. The zero-order valence-corrected chi connectivity index (χ0v) is 17.7. The van der Waals surface area contributed by atoms with E-state index in [1.54, 1.807) is 11.7 Å². The topological polar surface area (TPSA) is 82.2 Å². The lowest BCUT2D eigenvalue weighted by molar-refractivity contribution is -0.122. The van der Waals surface area contributed by atoms with E-state index in [2.05, 4.69) is 15.5 Å². The van der Waals surface area contributed by atoms with Crippen molar-refractivity contribution in [1.82, 2.24) is 20.0 Å². The second-order valence-electron chi connectivity index (χ2n) is 7.38. The van der Waals surface area contributed by atoms with Gasteiger partial charge in [-0.1, -0.05) is 47.1 Å². The predicted octanol–water partition coefficient (Wildman–Crippen LogP) is 4.40.